The minimum Gasteiger partial charge on any atom is -0.465 e. The van der Waals surface area contributed by atoms with Crippen LogP contribution in [0.2, 0.25) is 0 Å². The van der Waals surface area contributed by atoms with Gasteiger partial charge in [0.1, 0.15) is 0 Å². The van der Waals surface area contributed by atoms with Crippen molar-refractivity contribution in [3.8, 4) is 0 Å². The molecule has 0 aliphatic carbocycles. The second kappa shape index (κ2) is 17.9. The van der Waals surface area contributed by atoms with Crippen molar-refractivity contribution in [2.45, 2.75) is 84.7 Å². The molecule has 0 amide bonds. The van der Waals surface area contributed by atoms with Gasteiger partial charge in [-0.2, -0.15) is 0 Å². The molecule has 0 bridgehead atoms. The average molecular weight is 421 g/mol. The molecule has 0 aromatic heterocycles. The van der Waals surface area contributed by atoms with E-state index in [0.29, 0.717) is 39.3 Å². The average Bonchev–Trinajstić information content (AvgIpc) is 2.76. The summed E-state index contributed by atoms with van der Waals surface area (Å²) in [5.74, 6) is -0.318. The van der Waals surface area contributed by atoms with E-state index >= 15 is 0 Å². The number of rotatable bonds is 18. The van der Waals surface area contributed by atoms with Crippen LogP contribution in [0.15, 0.2) is 30.3 Å². The molecule has 0 aliphatic rings. The topological polar surface area (TPSA) is 61.8 Å². The number of hydrogen-bond acceptors (Lipinski definition) is 5. The molecule has 0 atom stereocenters. The Labute approximate surface area is 182 Å². The molecule has 0 saturated carbocycles. The van der Waals surface area contributed by atoms with Gasteiger partial charge < -0.3 is 14.2 Å². The van der Waals surface area contributed by atoms with Gasteiger partial charge in [-0.1, -0.05) is 69.9 Å². The number of benzene rings is 1. The number of unbranched alkanes of at least 4 members (excludes halogenated alkanes) is 4. The summed E-state index contributed by atoms with van der Waals surface area (Å²) in [6.45, 7) is 6.02. The summed E-state index contributed by atoms with van der Waals surface area (Å²) in [7, 11) is 0. The van der Waals surface area contributed by atoms with Crippen molar-refractivity contribution < 1.29 is 23.8 Å². The molecule has 5 heteroatoms. The van der Waals surface area contributed by atoms with Gasteiger partial charge in [0.05, 0.1) is 19.8 Å². The minimum absolute atomic E-state index is 0.00979. The second-order valence-corrected chi connectivity index (χ2v) is 7.83. The Bertz CT molecular complexity index is 532. The zero-order valence-corrected chi connectivity index (χ0v) is 18.9. The van der Waals surface area contributed by atoms with Gasteiger partial charge in [-0.25, -0.2) is 0 Å². The lowest BCUT2D eigenvalue weighted by Crippen LogP contribution is -2.21. The van der Waals surface area contributed by atoms with Crippen molar-refractivity contribution in [2.75, 3.05) is 19.8 Å². The van der Waals surface area contributed by atoms with Crippen LogP contribution in [-0.4, -0.2) is 31.8 Å². The maximum Gasteiger partial charge on any atom is 0.305 e. The van der Waals surface area contributed by atoms with Gasteiger partial charge in [0.15, 0.2) is 0 Å². The second-order valence-electron chi connectivity index (χ2n) is 7.83. The highest BCUT2D eigenvalue weighted by molar-refractivity contribution is 5.69. The van der Waals surface area contributed by atoms with Crippen molar-refractivity contribution in [3.05, 3.63) is 35.9 Å². The van der Waals surface area contributed by atoms with Crippen molar-refractivity contribution >= 4 is 11.9 Å². The molecule has 0 saturated heterocycles. The maximum atomic E-state index is 11.9. The lowest BCUT2D eigenvalue weighted by atomic mass is 10.1. The van der Waals surface area contributed by atoms with Gasteiger partial charge in [0.2, 0.25) is 0 Å². The smallest absolute Gasteiger partial charge is 0.305 e. The molecule has 0 N–H and O–H groups in total. The third kappa shape index (κ3) is 14.2. The standard InChI is InChI=1S/C25H40O5/c1-3-5-8-16-24(26)29-20-23(21-30-25(27)17-9-6-4-2)15-12-18-28-19-22-13-10-7-11-14-22/h7,10-11,13-14,23H,3-6,8-9,12,15-21H2,1-2H3. The fourth-order valence-corrected chi connectivity index (χ4v) is 3.06. The van der Waals surface area contributed by atoms with Crippen LogP contribution >= 0.6 is 0 Å². The summed E-state index contributed by atoms with van der Waals surface area (Å²) in [5, 5.41) is 0. The van der Waals surface area contributed by atoms with E-state index in [9.17, 15) is 9.59 Å². The van der Waals surface area contributed by atoms with Gasteiger partial charge >= 0.3 is 11.9 Å². The number of esters is 2. The van der Waals surface area contributed by atoms with E-state index in [1.165, 1.54) is 0 Å². The van der Waals surface area contributed by atoms with Crippen LogP contribution in [0.25, 0.3) is 0 Å². The van der Waals surface area contributed by atoms with E-state index in [2.05, 4.69) is 13.8 Å². The van der Waals surface area contributed by atoms with Gasteiger partial charge in [-0.15, -0.1) is 0 Å². The van der Waals surface area contributed by atoms with Crippen LogP contribution in [0.4, 0.5) is 0 Å². The molecular formula is C25H40O5. The zero-order chi connectivity index (χ0) is 21.9. The first-order chi connectivity index (χ1) is 14.7. The molecule has 5 nitrogen and oxygen atoms in total. The highest BCUT2D eigenvalue weighted by Crippen LogP contribution is 2.12. The molecule has 0 radical (unpaired) electrons. The van der Waals surface area contributed by atoms with Crippen LogP contribution in [-0.2, 0) is 30.4 Å². The Balaban J connectivity index is 2.32. The van der Waals surface area contributed by atoms with E-state index in [-0.39, 0.29) is 17.9 Å². The summed E-state index contributed by atoms with van der Waals surface area (Å²) < 4.78 is 16.6. The van der Waals surface area contributed by atoms with E-state index in [1.54, 1.807) is 0 Å². The summed E-state index contributed by atoms with van der Waals surface area (Å²) in [5.41, 5.74) is 1.15. The molecular weight excluding hydrogens is 380 g/mol. The van der Waals surface area contributed by atoms with Crippen LogP contribution < -0.4 is 0 Å². The largest absolute Gasteiger partial charge is 0.465 e. The molecule has 0 spiro atoms. The molecule has 1 rings (SSSR count). The van der Waals surface area contributed by atoms with Gasteiger partial charge in [-0.3, -0.25) is 9.59 Å². The summed E-state index contributed by atoms with van der Waals surface area (Å²) in [6.07, 6.45) is 8.48. The quantitative estimate of drug-likeness (QED) is 0.220. The molecule has 0 heterocycles. The van der Waals surface area contributed by atoms with Crippen molar-refractivity contribution in [1.82, 2.24) is 0 Å². The SMILES string of the molecule is CCCCCC(=O)OCC(CCCOCc1ccccc1)COC(=O)CCCCC. The predicted octanol–water partition coefficient (Wildman–Crippen LogP) is 5.85. The number of ether oxygens (including phenoxy) is 3. The predicted molar refractivity (Wildman–Crippen MR) is 119 cm³/mol. The molecule has 1 aromatic carbocycles. The molecule has 0 unspecified atom stereocenters. The first-order valence-corrected chi connectivity index (χ1v) is 11.6. The van der Waals surface area contributed by atoms with E-state index in [4.69, 9.17) is 14.2 Å². The third-order valence-corrected chi connectivity index (χ3v) is 4.94. The van der Waals surface area contributed by atoms with Crippen LogP contribution in [0, 0.1) is 5.92 Å². The fourth-order valence-electron chi connectivity index (χ4n) is 3.06. The van der Waals surface area contributed by atoms with Gasteiger partial charge in [0.25, 0.3) is 0 Å². The first-order valence-electron chi connectivity index (χ1n) is 11.6. The zero-order valence-electron chi connectivity index (χ0n) is 18.9. The Hall–Kier alpha value is -1.88. The highest BCUT2D eigenvalue weighted by Gasteiger charge is 2.15. The van der Waals surface area contributed by atoms with Crippen LogP contribution in [0.5, 0.6) is 0 Å². The lowest BCUT2D eigenvalue weighted by Gasteiger charge is -2.17. The number of carbonyl (C=O) groups is 2. The molecule has 30 heavy (non-hydrogen) atoms. The van der Waals surface area contributed by atoms with Crippen LogP contribution in [0.3, 0.4) is 0 Å². The van der Waals surface area contributed by atoms with Crippen molar-refractivity contribution in [2.24, 2.45) is 5.92 Å². The Morgan fingerprint density at radius 3 is 1.90 bits per heavy atom. The molecule has 170 valence electrons. The lowest BCUT2D eigenvalue weighted by molar-refractivity contribution is -0.149. The van der Waals surface area contributed by atoms with Gasteiger partial charge in [0, 0.05) is 25.4 Å². The van der Waals surface area contributed by atoms with Crippen molar-refractivity contribution in [1.29, 1.82) is 0 Å². The maximum absolute atomic E-state index is 11.9. The third-order valence-electron chi connectivity index (χ3n) is 4.94. The normalized spacial score (nSPS) is 10.9. The van der Waals surface area contributed by atoms with E-state index in [1.807, 2.05) is 30.3 Å². The minimum atomic E-state index is -0.164. The van der Waals surface area contributed by atoms with Gasteiger partial charge in [-0.05, 0) is 31.2 Å². The summed E-state index contributed by atoms with van der Waals surface area (Å²) in [6, 6.07) is 10.1. The molecule has 0 aliphatic heterocycles. The fraction of sp³-hybridized carbons (Fsp3) is 0.680. The van der Waals surface area contributed by atoms with E-state index < -0.39 is 0 Å². The first kappa shape index (κ1) is 26.2. The Kier molecular flexibility index (Phi) is 15.6. The monoisotopic (exact) mass is 420 g/mol. The van der Waals surface area contributed by atoms with E-state index in [0.717, 1.165) is 56.9 Å². The molecule has 1 aromatic rings. The summed E-state index contributed by atoms with van der Waals surface area (Å²) in [4.78, 5) is 23.8. The van der Waals surface area contributed by atoms with Crippen LogP contribution in [0.1, 0.15) is 83.6 Å². The number of hydrogen-bond donors (Lipinski definition) is 0. The van der Waals surface area contributed by atoms with Crippen molar-refractivity contribution in [3.63, 3.8) is 0 Å². The Morgan fingerprint density at radius 2 is 1.37 bits per heavy atom. The summed E-state index contributed by atoms with van der Waals surface area (Å²) >= 11 is 0. The molecule has 0 fully saturated rings. The Morgan fingerprint density at radius 1 is 0.800 bits per heavy atom. The number of carbonyl (C=O) groups excluding carboxylic acids is 2. The highest BCUT2D eigenvalue weighted by atomic mass is 16.5.